The van der Waals surface area contributed by atoms with E-state index in [0.29, 0.717) is 5.56 Å². The van der Waals surface area contributed by atoms with Crippen LogP contribution in [0.25, 0.3) is 0 Å². The molecule has 0 aliphatic heterocycles. The van der Waals surface area contributed by atoms with Crippen LogP contribution in [0.2, 0.25) is 0 Å². The number of carbonyl (C=O) groups excluding carboxylic acids is 3. The first-order chi connectivity index (χ1) is 14.3. The van der Waals surface area contributed by atoms with Gasteiger partial charge in [0.15, 0.2) is 0 Å². The van der Waals surface area contributed by atoms with E-state index in [-0.39, 0.29) is 24.7 Å². The van der Waals surface area contributed by atoms with Crippen LogP contribution in [0.1, 0.15) is 49.7 Å². The Morgan fingerprint density at radius 3 is 2.33 bits per heavy atom. The summed E-state index contributed by atoms with van der Waals surface area (Å²) in [5.74, 6) is -1.49. The lowest BCUT2D eigenvalue weighted by Crippen LogP contribution is -2.54. The molecule has 1 fully saturated rings. The summed E-state index contributed by atoms with van der Waals surface area (Å²) in [6.45, 7) is 0.194. The van der Waals surface area contributed by atoms with Gasteiger partial charge < -0.3 is 26.8 Å². The molecule has 2 amide bonds. The molecule has 2 atom stereocenters. The molecule has 0 heterocycles. The summed E-state index contributed by atoms with van der Waals surface area (Å²) in [6.07, 6.45) is 4.72. The lowest BCUT2D eigenvalue weighted by atomic mass is 9.84. The molecule has 9 heteroatoms. The van der Waals surface area contributed by atoms with E-state index >= 15 is 0 Å². The van der Waals surface area contributed by atoms with Crippen molar-refractivity contribution in [1.82, 2.24) is 10.6 Å². The minimum atomic E-state index is -1.07. The van der Waals surface area contributed by atoms with Crippen molar-refractivity contribution in [3.8, 4) is 0 Å². The number of nitrogens with two attached hydrogens (primary N) is 2. The number of amides is 2. The largest absolute Gasteiger partial charge is 0.469 e. The SMILES string of the molecule is COC(=O)C[C@H](NC(=O)[C@H](N)C1CCCCC1)C(=O)NCc1ccc(C(=N)N)cc1. The maximum Gasteiger partial charge on any atom is 0.308 e. The van der Waals surface area contributed by atoms with E-state index in [4.69, 9.17) is 16.9 Å². The van der Waals surface area contributed by atoms with Crippen LogP contribution in [0.15, 0.2) is 24.3 Å². The Kier molecular flexibility index (Phi) is 8.79. The topological polar surface area (TPSA) is 160 Å². The molecule has 1 saturated carbocycles. The van der Waals surface area contributed by atoms with Crippen molar-refractivity contribution < 1.29 is 19.1 Å². The number of nitrogens with one attached hydrogen (secondary N) is 3. The average molecular weight is 418 g/mol. The minimum Gasteiger partial charge on any atom is -0.469 e. The van der Waals surface area contributed by atoms with Crippen LogP contribution < -0.4 is 22.1 Å². The number of hydrogen-bond donors (Lipinski definition) is 5. The number of methoxy groups -OCH3 is 1. The van der Waals surface area contributed by atoms with Gasteiger partial charge in [-0.1, -0.05) is 43.5 Å². The summed E-state index contributed by atoms with van der Waals surface area (Å²) in [6, 6.07) is 5.06. The van der Waals surface area contributed by atoms with Gasteiger partial charge in [-0.05, 0) is 24.3 Å². The summed E-state index contributed by atoms with van der Waals surface area (Å²) >= 11 is 0. The first-order valence-electron chi connectivity index (χ1n) is 10.2. The number of nitrogen functional groups attached to an aromatic ring is 1. The summed E-state index contributed by atoms with van der Waals surface area (Å²) in [7, 11) is 1.23. The first-order valence-corrected chi connectivity index (χ1v) is 10.2. The Hall–Kier alpha value is -2.94. The van der Waals surface area contributed by atoms with E-state index in [2.05, 4.69) is 15.4 Å². The fourth-order valence-electron chi connectivity index (χ4n) is 3.55. The highest BCUT2D eigenvalue weighted by atomic mass is 16.5. The van der Waals surface area contributed by atoms with Crippen molar-refractivity contribution in [2.24, 2.45) is 17.4 Å². The lowest BCUT2D eigenvalue weighted by Gasteiger charge is -2.28. The van der Waals surface area contributed by atoms with Crippen molar-refractivity contribution in [1.29, 1.82) is 5.41 Å². The average Bonchev–Trinajstić information content (AvgIpc) is 2.77. The van der Waals surface area contributed by atoms with Crippen LogP contribution in [0.4, 0.5) is 0 Å². The minimum absolute atomic E-state index is 0.0410. The van der Waals surface area contributed by atoms with Crippen LogP contribution in [0.5, 0.6) is 0 Å². The molecule has 1 aliphatic carbocycles. The third-order valence-electron chi connectivity index (χ3n) is 5.42. The standard InChI is InChI=1S/C21H31N5O4/c1-30-17(27)11-16(26-21(29)18(22)14-5-3-2-4-6-14)20(28)25-12-13-7-9-15(10-8-13)19(23)24/h7-10,14,16,18H,2-6,11-12,22H2,1H3,(H3,23,24)(H,25,28)(H,26,29)/t16-,18+/m0/s1. The van der Waals surface area contributed by atoms with Crippen molar-refractivity contribution in [2.45, 2.75) is 57.2 Å². The van der Waals surface area contributed by atoms with E-state index in [1.54, 1.807) is 24.3 Å². The molecule has 0 unspecified atom stereocenters. The van der Waals surface area contributed by atoms with Crippen LogP contribution >= 0.6 is 0 Å². The molecular formula is C21H31N5O4. The van der Waals surface area contributed by atoms with Crippen LogP contribution in [-0.4, -0.2) is 42.8 Å². The Morgan fingerprint density at radius 2 is 1.77 bits per heavy atom. The fraction of sp³-hybridized carbons (Fsp3) is 0.524. The third kappa shape index (κ3) is 6.84. The van der Waals surface area contributed by atoms with E-state index in [1.807, 2.05) is 0 Å². The Morgan fingerprint density at radius 1 is 1.13 bits per heavy atom. The van der Waals surface area contributed by atoms with Crippen LogP contribution in [0.3, 0.4) is 0 Å². The Balaban J connectivity index is 1.97. The molecule has 1 aromatic rings. The van der Waals surface area contributed by atoms with E-state index < -0.39 is 29.9 Å². The van der Waals surface area contributed by atoms with Gasteiger partial charge in [0.1, 0.15) is 11.9 Å². The molecule has 7 N–H and O–H groups in total. The molecule has 0 bridgehead atoms. The highest BCUT2D eigenvalue weighted by molar-refractivity contribution is 5.95. The van der Waals surface area contributed by atoms with Gasteiger partial charge in [-0.25, -0.2) is 0 Å². The number of carbonyl (C=O) groups is 3. The predicted octanol–water partition coefficient (Wildman–Crippen LogP) is 0.542. The molecule has 30 heavy (non-hydrogen) atoms. The van der Waals surface area contributed by atoms with Gasteiger partial charge in [0, 0.05) is 12.1 Å². The van der Waals surface area contributed by atoms with Gasteiger partial charge in [-0.2, -0.15) is 0 Å². The second kappa shape index (κ2) is 11.3. The number of rotatable bonds is 9. The Bertz CT molecular complexity index is 759. The van der Waals surface area contributed by atoms with Crippen molar-refractivity contribution in [2.75, 3.05) is 7.11 Å². The summed E-state index contributed by atoms with van der Waals surface area (Å²) in [5.41, 5.74) is 12.9. The molecule has 1 aromatic carbocycles. The zero-order valence-electron chi connectivity index (χ0n) is 17.3. The number of benzene rings is 1. The zero-order valence-corrected chi connectivity index (χ0v) is 17.3. The molecule has 0 saturated heterocycles. The van der Waals surface area contributed by atoms with Crippen molar-refractivity contribution in [3.63, 3.8) is 0 Å². The van der Waals surface area contributed by atoms with Gasteiger partial charge in [-0.15, -0.1) is 0 Å². The number of amidine groups is 1. The summed E-state index contributed by atoms with van der Waals surface area (Å²) in [5, 5.41) is 12.7. The van der Waals surface area contributed by atoms with E-state index in [1.165, 1.54) is 7.11 Å². The smallest absolute Gasteiger partial charge is 0.308 e. The second-order valence-electron chi connectivity index (χ2n) is 7.59. The molecule has 9 nitrogen and oxygen atoms in total. The van der Waals surface area contributed by atoms with Crippen LogP contribution in [-0.2, 0) is 25.7 Å². The summed E-state index contributed by atoms with van der Waals surface area (Å²) in [4.78, 5) is 37.0. The second-order valence-corrected chi connectivity index (χ2v) is 7.59. The predicted molar refractivity (Wildman–Crippen MR) is 112 cm³/mol. The lowest BCUT2D eigenvalue weighted by molar-refractivity contribution is -0.143. The van der Waals surface area contributed by atoms with Crippen molar-refractivity contribution in [3.05, 3.63) is 35.4 Å². The quantitative estimate of drug-likeness (QED) is 0.224. The van der Waals surface area contributed by atoms with Gasteiger partial charge in [-0.3, -0.25) is 19.8 Å². The van der Waals surface area contributed by atoms with Gasteiger partial charge >= 0.3 is 5.97 Å². The van der Waals surface area contributed by atoms with E-state index in [0.717, 1.165) is 37.7 Å². The molecular weight excluding hydrogens is 386 g/mol. The molecule has 0 spiro atoms. The van der Waals surface area contributed by atoms with Gasteiger partial charge in [0.2, 0.25) is 11.8 Å². The first kappa shape index (κ1) is 23.3. The molecule has 0 radical (unpaired) electrons. The maximum absolute atomic E-state index is 12.6. The highest BCUT2D eigenvalue weighted by Gasteiger charge is 2.30. The summed E-state index contributed by atoms with van der Waals surface area (Å²) < 4.78 is 4.65. The van der Waals surface area contributed by atoms with E-state index in [9.17, 15) is 14.4 Å². The zero-order chi connectivity index (χ0) is 22.1. The van der Waals surface area contributed by atoms with Gasteiger partial charge in [0.05, 0.1) is 19.6 Å². The molecule has 0 aromatic heterocycles. The monoisotopic (exact) mass is 417 g/mol. The number of esters is 1. The fourth-order valence-corrected chi connectivity index (χ4v) is 3.55. The van der Waals surface area contributed by atoms with Gasteiger partial charge in [0.25, 0.3) is 0 Å². The Labute approximate surface area is 176 Å². The molecule has 1 aliphatic rings. The third-order valence-corrected chi connectivity index (χ3v) is 5.42. The number of ether oxygens (including phenoxy) is 1. The normalized spacial score (nSPS) is 16.2. The maximum atomic E-state index is 12.6. The molecule has 2 rings (SSSR count). The molecule has 164 valence electrons. The van der Waals surface area contributed by atoms with Crippen molar-refractivity contribution >= 4 is 23.6 Å². The number of hydrogen-bond acceptors (Lipinski definition) is 6. The highest BCUT2D eigenvalue weighted by Crippen LogP contribution is 2.25. The van der Waals surface area contributed by atoms with Crippen LogP contribution in [0, 0.1) is 11.3 Å².